The van der Waals surface area contributed by atoms with Gasteiger partial charge >= 0.3 is 0 Å². The zero-order valence-corrected chi connectivity index (χ0v) is 21.9. The number of hydrogen-bond acceptors (Lipinski definition) is 4. The minimum atomic E-state index is -0.348. The summed E-state index contributed by atoms with van der Waals surface area (Å²) in [5.41, 5.74) is 1.40. The van der Waals surface area contributed by atoms with E-state index in [9.17, 15) is 14.4 Å². The van der Waals surface area contributed by atoms with E-state index < -0.39 is 0 Å². The third-order valence-electron chi connectivity index (χ3n) is 9.10. The molecule has 0 radical (unpaired) electrons. The molecule has 1 spiro atoms. The first-order chi connectivity index (χ1) is 17.8. The molecule has 4 aliphatic rings. The maximum absolute atomic E-state index is 13.7. The Bertz CT molecular complexity index is 1190. The Balaban J connectivity index is 1.18. The SMILES string of the molecule is CC1(C)C[C@@H]1C(=O)N1CC2(CN(C(=O)c3cnn(Cc4ccccc4)c3)C[C@H]2C(=O)N2CCCCC2)C1. The van der Waals surface area contributed by atoms with Gasteiger partial charge < -0.3 is 14.7 Å². The summed E-state index contributed by atoms with van der Waals surface area (Å²) >= 11 is 0. The van der Waals surface area contributed by atoms with E-state index in [0.29, 0.717) is 38.3 Å². The largest absolute Gasteiger partial charge is 0.342 e. The Kier molecular flexibility index (Phi) is 5.88. The van der Waals surface area contributed by atoms with Gasteiger partial charge in [-0.2, -0.15) is 5.10 Å². The summed E-state index contributed by atoms with van der Waals surface area (Å²) in [5, 5.41) is 4.42. The number of rotatable bonds is 5. The lowest BCUT2D eigenvalue weighted by molar-refractivity contribution is -0.155. The predicted molar refractivity (Wildman–Crippen MR) is 138 cm³/mol. The minimum absolute atomic E-state index is 0.0827. The van der Waals surface area contributed by atoms with Crippen molar-refractivity contribution in [2.24, 2.45) is 22.7 Å². The summed E-state index contributed by atoms with van der Waals surface area (Å²) in [7, 11) is 0. The van der Waals surface area contributed by atoms with E-state index in [1.165, 1.54) is 0 Å². The maximum Gasteiger partial charge on any atom is 0.257 e. The molecule has 1 aromatic carbocycles. The second kappa shape index (κ2) is 8.99. The first-order valence-corrected chi connectivity index (χ1v) is 13.7. The number of carbonyl (C=O) groups excluding carboxylic acids is 3. The van der Waals surface area contributed by atoms with Gasteiger partial charge in [0.15, 0.2) is 0 Å². The normalized spacial score (nSPS) is 25.7. The Hall–Kier alpha value is -3.16. The van der Waals surface area contributed by atoms with Crippen LogP contribution < -0.4 is 0 Å². The highest BCUT2D eigenvalue weighted by atomic mass is 16.2. The van der Waals surface area contributed by atoms with Gasteiger partial charge in [0.25, 0.3) is 5.91 Å². The van der Waals surface area contributed by atoms with Crippen molar-refractivity contribution in [3.8, 4) is 0 Å². The van der Waals surface area contributed by atoms with Crippen molar-refractivity contribution in [3.05, 3.63) is 53.9 Å². The van der Waals surface area contributed by atoms with Crippen molar-refractivity contribution < 1.29 is 14.4 Å². The van der Waals surface area contributed by atoms with E-state index in [1.807, 2.05) is 45.0 Å². The molecule has 3 aliphatic heterocycles. The molecule has 3 saturated heterocycles. The number of carbonyl (C=O) groups is 3. The third-order valence-corrected chi connectivity index (χ3v) is 9.10. The zero-order valence-electron chi connectivity index (χ0n) is 21.9. The Morgan fingerprint density at radius 2 is 1.54 bits per heavy atom. The highest BCUT2D eigenvalue weighted by molar-refractivity contribution is 5.95. The summed E-state index contributed by atoms with van der Waals surface area (Å²) in [6.45, 7) is 8.54. The molecule has 8 nitrogen and oxygen atoms in total. The highest BCUT2D eigenvalue weighted by Gasteiger charge is 2.62. The number of piperidine rings is 1. The molecule has 3 amide bonds. The van der Waals surface area contributed by atoms with Gasteiger partial charge in [-0.1, -0.05) is 44.2 Å². The average Bonchev–Trinajstić information content (AvgIpc) is 3.21. The van der Waals surface area contributed by atoms with E-state index in [2.05, 4.69) is 18.9 Å². The molecule has 4 fully saturated rings. The second-order valence-corrected chi connectivity index (χ2v) is 12.3. The molecule has 1 saturated carbocycles. The number of amides is 3. The van der Waals surface area contributed by atoms with Gasteiger partial charge in [0.1, 0.15) is 0 Å². The van der Waals surface area contributed by atoms with Crippen LogP contribution in [0.15, 0.2) is 42.7 Å². The molecule has 0 bridgehead atoms. The molecule has 8 heteroatoms. The van der Waals surface area contributed by atoms with E-state index in [0.717, 1.165) is 44.3 Å². The van der Waals surface area contributed by atoms with Gasteiger partial charge in [-0.3, -0.25) is 19.1 Å². The summed E-state index contributed by atoms with van der Waals surface area (Å²) in [5.74, 6) is 0.127. The van der Waals surface area contributed by atoms with Gasteiger partial charge in [-0.15, -0.1) is 0 Å². The molecule has 6 rings (SSSR count). The van der Waals surface area contributed by atoms with E-state index in [1.54, 1.807) is 17.1 Å². The molecule has 37 heavy (non-hydrogen) atoms. The summed E-state index contributed by atoms with van der Waals surface area (Å²) < 4.78 is 1.78. The quantitative estimate of drug-likeness (QED) is 0.629. The first kappa shape index (κ1) is 24.2. The van der Waals surface area contributed by atoms with Crippen LogP contribution in [0.3, 0.4) is 0 Å². The smallest absolute Gasteiger partial charge is 0.257 e. The molecule has 2 atom stereocenters. The molecular weight excluding hydrogens is 466 g/mol. The van der Waals surface area contributed by atoms with Crippen molar-refractivity contribution in [2.45, 2.75) is 46.1 Å². The summed E-state index contributed by atoms with van der Waals surface area (Å²) in [6, 6.07) is 10.0. The van der Waals surface area contributed by atoms with Crippen LogP contribution in [0, 0.1) is 22.7 Å². The standard InChI is InChI=1S/C29H37N5O3/c1-28(2)13-23(28)26(36)33-19-29(20-33)18-32(17-24(29)27(37)31-11-7-4-8-12-31)25(35)22-14-30-34(16-22)15-21-9-5-3-6-10-21/h3,5-6,9-10,14,16,23-24H,4,7-8,11-13,15,17-20H2,1-2H3/t23-,24+/m1/s1. The highest BCUT2D eigenvalue weighted by Crippen LogP contribution is 2.54. The fourth-order valence-electron chi connectivity index (χ4n) is 6.61. The van der Waals surface area contributed by atoms with Crippen LogP contribution in [0.5, 0.6) is 0 Å². The topological polar surface area (TPSA) is 78.8 Å². The molecule has 0 unspecified atom stereocenters. The van der Waals surface area contributed by atoms with Gasteiger partial charge in [-0.25, -0.2) is 0 Å². The number of benzene rings is 1. The van der Waals surface area contributed by atoms with Crippen LogP contribution >= 0.6 is 0 Å². The number of nitrogens with zero attached hydrogens (tertiary/aromatic N) is 5. The van der Waals surface area contributed by atoms with Crippen LogP contribution in [-0.2, 0) is 16.1 Å². The monoisotopic (exact) mass is 503 g/mol. The summed E-state index contributed by atoms with van der Waals surface area (Å²) in [6.07, 6.45) is 7.60. The van der Waals surface area contributed by atoms with Gasteiger partial charge in [-0.05, 0) is 36.7 Å². The van der Waals surface area contributed by atoms with Crippen molar-refractivity contribution >= 4 is 17.7 Å². The number of aromatic nitrogens is 2. The van der Waals surface area contributed by atoms with Crippen molar-refractivity contribution in [1.82, 2.24) is 24.5 Å². The van der Waals surface area contributed by atoms with Crippen LogP contribution in [0.1, 0.15) is 55.5 Å². The van der Waals surface area contributed by atoms with E-state index >= 15 is 0 Å². The fraction of sp³-hybridized carbons (Fsp3) is 0.586. The maximum atomic E-state index is 13.7. The molecule has 196 valence electrons. The van der Waals surface area contributed by atoms with Gasteiger partial charge in [0, 0.05) is 56.8 Å². The van der Waals surface area contributed by atoms with E-state index in [4.69, 9.17) is 0 Å². The van der Waals surface area contributed by atoms with Crippen LogP contribution in [0.25, 0.3) is 0 Å². The molecule has 4 heterocycles. The van der Waals surface area contributed by atoms with Crippen molar-refractivity contribution in [1.29, 1.82) is 0 Å². The average molecular weight is 504 g/mol. The van der Waals surface area contributed by atoms with Crippen LogP contribution in [0.2, 0.25) is 0 Å². The van der Waals surface area contributed by atoms with Crippen molar-refractivity contribution in [2.75, 3.05) is 39.3 Å². The fourth-order valence-corrected chi connectivity index (χ4v) is 6.61. The molecular formula is C29H37N5O3. The zero-order chi connectivity index (χ0) is 25.8. The van der Waals surface area contributed by atoms with Crippen LogP contribution in [-0.4, -0.2) is 81.5 Å². The molecule has 1 aliphatic carbocycles. The number of hydrogen-bond donors (Lipinski definition) is 0. The molecule has 0 N–H and O–H groups in total. The Labute approximate surface area is 218 Å². The predicted octanol–water partition coefficient (Wildman–Crippen LogP) is 2.89. The lowest BCUT2D eigenvalue weighted by Crippen LogP contribution is -2.64. The lowest BCUT2D eigenvalue weighted by Gasteiger charge is -2.51. The lowest BCUT2D eigenvalue weighted by atomic mass is 9.70. The summed E-state index contributed by atoms with van der Waals surface area (Å²) in [4.78, 5) is 46.1. The second-order valence-electron chi connectivity index (χ2n) is 12.3. The number of likely N-dealkylation sites (tertiary alicyclic amines) is 3. The molecule has 2 aromatic rings. The van der Waals surface area contributed by atoms with Gasteiger partial charge in [0.05, 0.1) is 24.2 Å². The van der Waals surface area contributed by atoms with E-state index in [-0.39, 0.29) is 40.4 Å². The molecule has 1 aromatic heterocycles. The van der Waals surface area contributed by atoms with Gasteiger partial charge in [0.2, 0.25) is 11.8 Å². The van der Waals surface area contributed by atoms with Crippen LogP contribution in [0.4, 0.5) is 0 Å². The Morgan fingerprint density at radius 3 is 2.22 bits per heavy atom. The minimum Gasteiger partial charge on any atom is -0.342 e. The third kappa shape index (κ3) is 4.44. The first-order valence-electron chi connectivity index (χ1n) is 13.7. The van der Waals surface area contributed by atoms with Crippen molar-refractivity contribution in [3.63, 3.8) is 0 Å². The Morgan fingerprint density at radius 1 is 0.892 bits per heavy atom.